The fourth-order valence-electron chi connectivity index (χ4n) is 0.770. The van der Waals surface area contributed by atoms with Crippen molar-refractivity contribution in [2.24, 2.45) is 9.48 Å². The van der Waals surface area contributed by atoms with Crippen LogP contribution in [0.1, 0.15) is 0 Å². The summed E-state index contributed by atoms with van der Waals surface area (Å²) in [5, 5.41) is 6.05. The van der Waals surface area contributed by atoms with Gasteiger partial charge in [0.15, 0.2) is 0 Å². The second kappa shape index (κ2) is 5.01. The van der Waals surface area contributed by atoms with Gasteiger partial charge in [-0.15, -0.1) is 0 Å². The van der Waals surface area contributed by atoms with Gasteiger partial charge in [-0.3, -0.25) is 0 Å². The molecule has 0 aliphatic heterocycles. The number of hydrogen-bond acceptors (Lipinski definition) is 2. The second-order valence-electron chi connectivity index (χ2n) is 2.12. The van der Waals surface area contributed by atoms with E-state index < -0.39 is 9.81 Å². The maximum absolute atomic E-state index is 6.05. The number of hydrogen-bond donors (Lipinski definition) is 1. The summed E-state index contributed by atoms with van der Waals surface area (Å²) < 4.78 is 8.62. The first-order valence-corrected chi connectivity index (χ1v) is 8.86. The first-order valence-electron chi connectivity index (χ1n) is 3.23. The molecular formula is C6H7N3STl2. The van der Waals surface area contributed by atoms with Crippen molar-refractivity contribution in [2.75, 3.05) is 0 Å². The van der Waals surface area contributed by atoms with Crippen LogP contribution in [-0.2, 0) is 9.81 Å². The van der Waals surface area contributed by atoms with E-state index in [1.165, 1.54) is 0 Å². The van der Waals surface area contributed by atoms with Crippen molar-refractivity contribution in [3.63, 3.8) is 0 Å². The Bertz CT molecular complexity index is 354. The van der Waals surface area contributed by atoms with Crippen molar-refractivity contribution in [1.29, 1.82) is 0 Å². The summed E-state index contributed by atoms with van der Waals surface area (Å²) in [4.78, 5) is 1.08. The molecule has 12 heavy (non-hydrogen) atoms. The van der Waals surface area contributed by atoms with Gasteiger partial charge in [-0.25, -0.2) is 0 Å². The van der Waals surface area contributed by atoms with Gasteiger partial charge in [-0.2, -0.15) is 0 Å². The molecule has 0 saturated carbocycles. The van der Waals surface area contributed by atoms with Gasteiger partial charge in [0.1, 0.15) is 0 Å². The Balaban J connectivity index is 3.34. The first kappa shape index (κ1) is 11.1. The maximum atomic E-state index is 6.05. The van der Waals surface area contributed by atoms with Gasteiger partial charge in [0.2, 0.25) is 0 Å². The van der Waals surface area contributed by atoms with Crippen LogP contribution < -0.4 is 5.14 Å². The van der Waals surface area contributed by atoms with Crippen molar-refractivity contribution < 1.29 is 0 Å². The molecule has 0 aromatic heterocycles. The summed E-state index contributed by atoms with van der Waals surface area (Å²) in [7, 11) is -1.60. The summed E-state index contributed by atoms with van der Waals surface area (Å²) in [5.74, 6) is 0. The van der Waals surface area contributed by atoms with E-state index in [4.69, 9.17) is 5.14 Å². The zero-order valence-electron chi connectivity index (χ0n) is 6.42. The minimum absolute atomic E-state index is 0.567. The van der Waals surface area contributed by atoms with Crippen molar-refractivity contribution in [1.82, 2.24) is 0 Å². The fraction of sp³-hybridized carbons (Fsp3) is 0. The molecule has 1 rings (SSSR count). The predicted molar refractivity (Wildman–Crippen MR) is 52.6 cm³/mol. The van der Waals surface area contributed by atoms with Crippen LogP contribution in [0, 0.1) is 0 Å². The zero-order chi connectivity index (χ0) is 9.03. The molecule has 0 heterocycles. The number of nitrogens with zero attached hydrogens (tertiary/aromatic N) is 2. The molecule has 58 valence electrons. The van der Waals surface area contributed by atoms with Gasteiger partial charge in [-0.05, 0) is 0 Å². The van der Waals surface area contributed by atoms with Crippen LogP contribution >= 0.6 is 0 Å². The molecule has 3 nitrogen and oxygen atoms in total. The molecule has 0 saturated heterocycles. The van der Waals surface area contributed by atoms with Crippen LogP contribution in [-0.4, -0.2) is 52.1 Å². The van der Waals surface area contributed by atoms with E-state index in [2.05, 4.69) is 4.34 Å². The molecule has 2 N–H and O–H groups in total. The molecule has 0 bridgehead atoms. The quantitative estimate of drug-likeness (QED) is 0.502. The van der Waals surface area contributed by atoms with E-state index in [-0.39, 0.29) is 0 Å². The van der Waals surface area contributed by atoms with Gasteiger partial charge in [0, 0.05) is 0 Å². The zero-order valence-corrected chi connectivity index (χ0v) is 16.2. The number of rotatable bonds is 1. The van der Waals surface area contributed by atoms with Crippen molar-refractivity contribution in [3.05, 3.63) is 30.3 Å². The van der Waals surface area contributed by atoms with Crippen LogP contribution in [0.2, 0.25) is 0 Å². The molecule has 0 aliphatic rings. The van der Waals surface area contributed by atoms with Crippen LogP contribution in [0.3, 0.4) is 0 Å². The van der Waals surface area contributed by atoms with Crippen LogP contribution in [0.15, 0.2) is 39.6 Å². The van der Waals surface area contributed by atoms with Gasteiger partial charge >= 0.3 is 107 Å². The first-order chi connectivity index (χ1) is 5.73. The van der Waals surface area contributed by atoms with Crippen molar-refractivity contribution >= 4 is 61.9 Å². The molecule has 0 radical (unpaired) electrons. The van der Waals surface area contributed by atoms with E-state index in [1.54, 1.807) is 0 Å². The van der Waals surface area contributed by atoms with Gasteiger partial charge in [0.05, 0.1) is 0 Å². The Morgan fingerprint density at radius 1 is 1.08 bits per heavy atom. The van der Waals surface area contributed by atoms with E-state index in [0.29, 0.717) is 52.1 Å². The summed E-state index contributed by atoms with van der Waals surface area (Å²) in [5.41, 5.74) is 0. The van der Waals surface area contributed by atoms with Crippen LogP contribution in [0.5, 0.6) is 0 Å². The van der Waals surface area contributed by atoms with E-state index in [1.807, 2.05) is 30.3 Å². The standard InChI is InChI=1S/C6H7N3S.2Tl/c7-10(8,9)6-4-2-1-3-5-6;;/h1-5H,(H2-2,7,8,9);;/q-2;2*+1. The Morgan fingerprint density at radius 3 is 2.00 bits per heavy atom. The molecular weight excluding hydrogens is 555 g/mol. The van der Waals surface area contributed by atoms with Crippen LogP contribution in [0.4, 0.5) is 0 Å². The molecule has 0 fully saturated rings. The molecule has 0 spiro atoms. The third kappa shape index (κ3) is 2.48. The van der Waals surface area contributed by atoms with Gasteiger partial charge in [0.25, 0.3) is 0 Å². The van der Waals surface area contributed by atoms with Gasteiger partial charge < -0.3 is 0 Å². The predicted octanol–water partition coefficient (Wildman–Crippen LogP) is 0.607. The van der Waals surface area contributed by atoms with Gasteiger partial charge in [-0.1, -0.05) is 0 Å². The molecule has 1 aromatic carbocycles. The summed E-state index contributed by atoms with van der Waals surface area (Å²) in [6.07, 6.45) is 0. The number of nitrogens with two attached hydrogens (primary N) is 1. The molecule has 0 unspecified atom stereocenters. The van der Waals surface area contributed by atoms with Crippen molar-refractivity contribution in [2.45, 2.75) is 4.90 Å². The Kier molecular flexibility index (Phi) is 4.61. The number of benzene rings is 1. The minimum atomic E-state index is -1.60. The average molecular weight is 562 g/mol. The fourth-order valence-corrected chi connectivity index (χ4v) is 10.7. The third-order valence-corrected chi connectivity index (χ3v) is 10.5. The summed E-state index contributed by atoms with van der Waals surface area (Å²) in [6.45, 7) is 0. The molecule has 0 aliphatic carbocycles. The second-order valence-corrected chi connectivity index (χ2v) is 9.11. The third-order valence-electron chi connectivity index (χ3n) is 1.41. The summed E-state index contributed by atoms with van der Waals surface area (Å²) in [6, 6.07) is 9.96. The normalized spacial score (nSPS) is 10.6. The molecule has 1 aromatic rings. The van der Waals surface area contributed by atoms with E-state index in [9.17, 15) is 0 Å². The van der Waals surface area contributed by atoms with E-state index >= 15 is 0 Å². The average Bonchev–Trinajstić information content (AvgIpc) is 2.18. The molecule has 0 atom stereocenters. The Morgan fingerprint density at radius 2 is 1.58 bits per heavy atom. The van der Waals surface area contributed by atoms with E-state index in [0.717, 1.165) is 4.90 Å². The SMILES string of the molecule is NS(=[N][Tl])(=[N][Tl])c1ccccc1. The monoisotopic (exact) mass is 563 g/mol. The van der Waals surface area contributed by atoms with Crippen LogP contribution in [0.25, 0.3) is 0 Å². The van der Waals surface area contributed by atoms with Crippen molar-refractivity contribution in [3.8, 4) is 0 Å². The summed E-state index contributed by atoms with van der Waals surface area (Å²) >= 11 is 1.13. The molecule has 6 heteroatoms. The topological polar surface area (TPSA) is 50.7 Å². The Hall–Kier alpha value is 0.974. The Labute approximate surface area is 105 Å². The molecule has 0 amide bonds.